The lowest BCUT2D eigenvalue weighted by Crippen LogP contribution is -2.47. The summed E-state index contributed by atoms with van der Waals surface area (Å²) < 4.78 is 0. The first-order chi connectivity index (χ1) is 9.06. The van der Waals surface area contributed by atoms with Crippen molar-refractivity contribution >= 4 is 11.6 Å². The molecule has 3 nitrogen and oxygen atoms in total. The third-order valence-corrected chi connectivity index (χ3v) is 3.78. The molecule has 1 aromatic rings. The van der Waals surface area contributed by atoms with Crippen molar-refractivity contribution in [3.63, 3.8) is 0 Å². The second kappa shape index (κ2) is 6.20. The van der Waals surface area contributed by atoms with Gasteiger partial charge in [0.2, 0.25) is 5.91 Å². The Labute approximate surface area is 115 Å². The van der Waals surface area contributed by atoms with E-state index in [9.17, 15) is 4.79 Å². The topological polar surface area (TPSA) is 41.1 Å². The van der Waals surface area contributed by atoms with E-state index in [-0.39, 0.29) is 11.9 Å². The Hall–Kier alpha value is -1.35. The second-order valence-electron chi connectivity index (χ2n) is 5.82. The highest BCUT2D eigenvalue weighted by atomic mass is 16.2. The van der Waals surface area contributed by atoms with Gasteiger partial charge in [0, 0.05) is 11.7 Å². The Morgan fingerprint density at radius 2 is 1.95 bits per heavy atom. The van der Waals surface area contributed by atoms with E-state index in [0.717, 1.165) is 24.9 Å². The maximum Gasteiger partial charge on any atom is 0.241 e. The number of benzene rings is 1. The van der Waals surface area contributed by atoms with Gasteiger partial charge in [0.1, 0.15) is 0 Å². The number of anilines is 1. The van der Waals surface area contributed by atoms with Crippen LogP contribution in [0.4, 0.5) is 5.69 Å². The predicted molar refractivity (Wildman–Crippen MR) is 79.4 cm³/mol. The van der Waals surface area contributed by atoms with Crippen molar-refractivity contribution in [3.8, 4) is 0 Å². The van der Waals surface area contributed by atoms with E-state index in [1.807, 2.05) is 12.1 Å². The van der Waals surface area contributed by atoms with Crippen molar-refractivity contribution in [2.45, 2.75) is 58.0 Å². The van der Waals surface area contributed by atoms with Gasteiger partial charge in [0.25, 0.3) is 0 Å². The minimum absolute atomic E-state index is 0.0477. The molecule has 0 aliphatic carbocycles. The predicted octanol–water partition coefficient (Wildman–Crippen LogP) is 3.28. The minimum Gasteiger partial charge on any atom is -0.325 e. The molecule has 2 rings (SSSR count). The second-order valence-corrected chi connectivity index (χ2v) is 5.82. The number of carbonyl (C=O) groups excluding carboxylic acids is 1. The first kappa shape index (κ1) is 14.1. The molecule has 1 heterocycles. The van der Waals surface area contributed by atoms with Gasteiger partial charge in [-0.1, -0.05) is 26.0 Å². The van der Waals surface area contributed by atoms with E-state index in [2.05, 4.69) is 43.5 Å². The molecule has 2 atom stereocenters. The van der Waals surface area contributed by atoms with E-state index in [1.54, 1.807) is 0 Å². The van der Waals surface area contributed by atoms with Crippen molar-refractivity contribution in [1.82, 2.24) is 5.32 Å². The van der Waals surface area contributed by atoms with Gasteiger partial charge in [-0.2, -0.15) is 0 Å². The van der Waals surface area contributed by atoms with Crippen LogP contribution in [0.1, 0.15) is 51.5 Å². The van der Waals surface area contributed by atoms with Gasteiger partial charge in [0.15, 0.2) is 0 Å². The standard InChI is InChI=1S/C16H24N2O/c1-11(2)13-7-9-14(10-8-13)18-16(19)15-6-4-5-12(3)17-15/h7-12,15,17H,4-6H2,1-3H3,(H,18,19). The summed E-state index contributed by atoms with van der Waals surface area (Å²) in [7, 11) is 0. The molecule has 1 fully saturated rings. The fourth-order valence-electron chi connectivity index (χ4n) is 2.53. The maximum absolute atomic E-state index is 12.2. The number of hydrogen-bond acceptors (Lipinski definition) is 2. The Morgan fingerprint density at radius 1 is 1.26 bits per heavy atom. The lowest BCUT2D eigenvalue weighted by Gasteiger charge is -2.27. The van der Waals surface area contributed by atoms with Crippen molar-refractivity contribution < 1.29 is 4.79 Å². The normalized spacial score (nSPS) is 23.4. The van der Waals surface area contributed by atoms with Crippen LogP contribution in [0.2, 0.25) is 0 Å². The van der Waals surface area contributed by atoms with Gasteiger partial charge in [-0.25, -0.2) is 0 Å². The Bertz CT molecular complexity index is 425. The molecular weight excluding hydrogens is 236 g/mol. The Morgan fingerprint density at radius 3 is 2.53 bits per heavy atom. The van der Waals surface area contributed by atoms with Crippen LogP contribution in [0.5, 0.6) is 0 Å². The van der Waals surface area contributed by atoms with Gasteiger partial charge in [-0.05, 0) is 49.8 Å². The first-order valence-electron chi connectivity index (χ1n) is 7.23. The highest BCUT2D eigenvalue weighted by molar-refractivity contribution is 5.94. The molecule has 0 bridgehead atoms. The molecule has 0 aromatic heterocycles. The number of hydrogen-bond donors (Lipinski definition) is 2. The summed E-state index contributed by atoms with van der Waals surface area (Å²) in [6.45, 7) is 6.47. The zero-order valence-corrected chi connectivity index (χ0v) is 12.1. The summed E-state index contributed by atoms with van der Waals surface area (Å²) >= 11 is 0. The molecule has 1 aliphatic rings. The summed E-state index contributed by atoms with van der Waals surface area (Å²) in [5.41, 5.74) is 2.18. The number of piperidine rings is 1. The van der Waals surface area contributed by atoms with Gasteiger partial charge in [0.05, 0.1) is 6.04 Å². The van der Waals surface area contributed by atoms with Gasteiger partial charge < -0.3 is 10.6 Å². The lowest BCUT2D eigenvalue weighted by molar-refractivity contribution is -0.118. The summed E-state index contributed by atoms with van der Waals surface area (Å²) in [4.78, 5) is 12.2. The number of amides is 1. The fourth-order valence-corrected chi connectivity index (χ4v) is 2.53. The SMILES string of the molecule is CC1CCCC(C(=O)Nc2ccc(C(C)C)cc2)N1. The van der Waals surface area contributed by atoms with Crippen molar-refractivity contribution in [2.75, 3.05) is 5.32 Å². The van der Waals surface area contributed by atoms with Crippen LogP contribution in [0, 0.1) is 0 Å². The third kappa shape index (κ3) is 3.80. The largest absolute Gasteiger partial charge is 0.325 e. The van der Waals surface area contributed by atoms with Gasteiger partial charge in [-0.3, -0.25) is 4.79 Å². The molecule has 1 aromatic carbocycles. The highest BCUT2D eigenvalue weighted by Gasteiger charge is 2.23. The van der Waals surface area contributed by atoms with E-state index < -0.39 is 0 Å². The Balaban J connectivity index is 1.94. The van der Waals surface area contributed by atoms with Crippen LogP contribution in [-0.2, 0) is 4.79 Å². The molecule has 0 saturated carbocycles. The van der Waals surface area contributed by atoms with E-state index >= 15 is 0 Å². The quantitative estimate of drug-likeness (QED) is 0.875. The molecule has 0 radical (unpaired) electrons. The van der Waals surface area contributed by atoms with Crippen LogP contribution in [0.15, 0.2) is 24.3 Å². The fraction of sp³-hybridized carbons (Fsp3) is 0.562. The number of nitrogens with one attached hydrogen (secondary N) is 2. The maximum atomic E-state index is 12.2. The van der Waals surface area contributed by atoms with E-state index in [4.69, 9.17) is 0 Å². The summed E-state index contributed by atoms with van der Waals surface area (Å²) in [5.74, 6) is 0.606. The van der Waals surface area contributed by atoms with Crippen LogP contribution in [0.25, 0.3) is 0 Å². The molecular formula is C16H24N2O. The number of rotatable bonds is 3. The Kier molecular flexibility index (Phi) is 4.59. The molecule has 1 aliphatic heterocycles. The van der Waals surface area contributed by atoms with Crippen LogP contribution in [-0.4, -0.2) is 18.0 Å². The van der Waals surface area contributed by atoms with Crippen molar-refractivity contribution in [3.05, 3.63) is 29.8 Å². The number of carbonyl (C=O) groups is 1. The molecule has 2 unspecified atom stereocenters. The van der Waals surface area contributed by atoms with Gasteiger partial charge >= 0.3 is 0 Å². The average molecular weight is 260 g/mol. The summed E-state index contributed by atoms with van der Waals surface area (Å²) in [6.07, 6.45) is 3.21. The minimum atomic E-state index is -0.0477. The third-order valence-electron chi connectivity index (χ3n) is 3.78. The molecule has 1 saturated heterocycles. The van der Waals surface area contributed by atoms with Crippen molar-refractivity contribution in [1.29, 1.82) is 0 Å². The molecule has 104 valence electrons. The zero-order chi connectivity index (χ0) is 13.8. The molecule has 1 amide bonds. The van der Waals surface area contributed by atoms with Crippen LogP contribution in [0.3, 0.4) is 0 Å². The molecule has 3 heteroatoms. The van der Waals surface area contributed by atoms with Crippen LogP contribution >= 0.6 is 0 Å². The van der Waals surface area contributed by atoms with Gasteiger partial charge in [-0.15, -0.1) is 0 Å². The smallest absolute Gasteiger partial charge is 0.241 e. The summed E-state index contributed by atoms with van der Waals surface area (Å²) in [6, 6.07) is 8.52. The molecule has 0 spiro atoms. The average Bonchev–Trinajstić information content (AvgIpc) is 2.39. The van der Waals surface area contributed by atoms with E-state index in [1.165, 1.54) is 5.56 Å². The monoisotopic (exact) mass is 260 g/mol. The highest BCUT2D eigenvalue weighted by Crippen LogP contribution is 2.18. The first-order valence-corrected chi connectivity index (χ1v) is 7.23. The van der Waals surface area contributed by atoms with Crippen molar-refractivity contribution in [2.24, 2.45) is 0 Å². The lowest BCUT2D eigenvalue weighted by atomic mass is 9.99. The molecule has 2 N–H and O–H groups in total. The molecule has 19 heavy (non-hydrogen) atoms. The van der Waals surface area contributed by atoms with E-state index in [0.29, 0.717) is 12.0 Å². The zero-order valence-electron chi connectivity index (χ0n) is 12.1. The summed E-state index contributed by atoms with van der Waals surface area (Å²) in [5, 5.41) is 6.35. The van der Waals surface area contributed by atoms with Crippen LogP contribution < -0.4 is 10.6 Å².